The molecule has 1 aliphatic rings. The summed E-state index contributed by atoms with van der Waals surface area (Å²) < 4.78 is 0. The van der Waals surface area contributed by atoms with Crippen LogP contribution in [0.15, 0.2) is 60.7 Å². The molecule has 0 saturated heterocycles. The number of hydroxylamine groups is 2. The zero-order chi connectivity index (χ0) is 31.5. The van der Waals surface area contributed by atoms with Crippen LogP contribution in [0.2, 0.25) is 0 Å². The van der Waals surface area contributed by atoms with Crippen LogP contribution in [-0.4, -0.2) is 23.0 Å². The van der Waals surface area contributed by atoms with Crippen molar-refractivity contribution < 1.29 is 14.4 Å². The molecule has 1 unspecified atom stereocenters. The van der Waals surface area contributed by atoms with Gasteiger partial charge >= 0.3 is 0 Å². The van der Waals surface area contributed by atoms with Crippen molar-refractivity contribution in [1.82, 2.24) is 5.06 Å². The second-order valence-corrected chi connectivity index (χ2v) is 12.5. The first kappa shape index (κ1) is 37.7. The van der Waals surface area contributed by atoms with E-state index in [0.717, 1.165) is 37.2 Å². The molecule has 1 atom stereocenters. The molecule has 2 rings (SSSR count). The molecule has 1 heterocycles. The van der Waals surface area contributed by atoms with Crippen molar-refractivity contribution in [3.8, 4) is 0 Å². The number of nitrogens with zero attached hydrogens (tertiary/aromatic N) is 1. The van der Waals surface area contributed by atoms with Crippen LogP contribution < -0.4 is 0 Å². The molecule has 4 nitrogen and oxygen atoms in total. The first-order valence-electron chi connectivity index (χ1n) is 18.3. The van der Waals surface area contributed by atoms with E-state index in [1.54, 1.807) is 24.3 Å². The van der Waals surface area contributed by atoms with E-state index in [1.165, 1.54) is 116 Å². The van der Waals surface area contributed by atoms with E-state index in [0.29, 0.717) is 11.1 Å². The lowest BCUT2D eigenvalue weighted by Crippen LogP contribution is -2.34. The van der Waals surface area contributed by atoms with Gasteiger partial charge in [0.15, 0.2) is 0 Å². The average molecular weight is 606 g/mol. The highest BCUT2D eigenvalue weighted by atomic mass is 16.7. The molecular formula is C40H63NO3. The number of amides is 2. The molecule has 0 radical (unpaired) electrons. The largest absolute Gasteiger partial charge is 0.285 e. The maximum absolute atomic E-state index is 12.9. The number of hydrogen-bond donors (Lipinski definition) is 0. The minimum Gasteiger partial charge on any atom is -0.266 e. The van der Waals surface area contributed by atoms with Crippen LogP contribution in [0.4, 0.5) is 0 Å². The molecule has 1 aliphatic heterocycles. The maximum atomic E-state index is 12.9. The first-order chi connectivity index (χ1) is 21.7. The van der Waals surface area contributed by atoms with Crippen molar-refractivity contribution in [1.29, 1.82) is 0 Å². The lowest BCUT2D eigenvalue weighted by Gasteiger charge is -2.22. The van der Waals surface area contributed by atoms with Gasteiger partial charge in [-0.25, -0.2) is 0 Å². The van der Waals surface area contributed by atoms with Gasteiger partial charge in [0.05, 0.1) is 17.2 Å². The Bertz CT molecular complexity index is 944. The van der Waals surface area contributed by atoms with Crippen molar-refractivity contribution in [2.45, 2.75) is 168 Å². The van der Waals surface area contributed by atoms with Crippen LogP contribution in [0.1, 0.15) is 182 Å². The van der Waals surface area contributed by atoms with Crippen LogP contribution in [-0.2, 0) is 4.84 Å². The van der Waals surface area contributed by atoms with Crippen molar-refractivity contribution in [3.63, 3.8) is 0 Å². The summed E-state index contributed by atoms with van der Waals surface area (Å²) in [6, 6.07) is 7.04. The Morgan fingerprint density at radius 3 is 1.48 bits per heavy atom. The molecule has 0 fully saturated rings. The average Bonchev–Trinajstić information content (AvgIpc) is 3.27. The smallest absolute Gasteiger partial charge is 0.266 e. The first-order valence-corrected chi connectivity index (χ1v) is 18.3. The lowest BCUT2D eigenvalue weighted by atomic mass is 10.0. The van der Waals surface area contributed by atoms with Crippen molar-refractivity contribution in [2.75, 3.05) is 0 Å². The van der Waals surface area contributed by atoms with Gasteiger partial charge in [-0.1, -0.05) is 146 Å². The van der Waals surface area contributed by atoms with E-state index < -0.39 is 0 Å². The molecule has 1 aromatic rings. The quantitative estimate of drug-likeness (QED) is 0.0542. The molecular weight excluding hydrogens is 542 g/mol. The van der Waals surface area contributed by atoms with Crippen molar-refractivity contribution in [3.05, 3.63) is 71.8 Å². The highest BCUT2D eigenvalue weighted by Gasteiger charge is 2.37. The Balaban J connectivity index is 1.63. The fourth-order valence-electron chi connectivity index (χ4n) is 5.77. The minimum absolute atomic E-state index is 0.0910. The van der Waals surface area contributed by atoms with Gasteiger partial charge in [-0.2, -0.15) is 0 Å². The van der Waals surface area contributed by atoms with E-state index in [4.69, 9.17) is 4.84 Å². The summed E-state index contributed by atoms with van der Waals surface area (Å²) in [5.41, 5.74) is 0.906. The minimum atomic E-state index is -0.319. The number of carbonyl (C=O) groups excluding carboxylic acids is 2. The third kappa shape index (κ3) is 16.6. The fourth-order valence-corrected chi connectivity index (χ4v) is 5.77. The second-order valence-electron chi connectivity index (χ2n) is 12.5. The summed E-state index contributed by atoms with van der Waals surface area (Å²) in [6.45, 7) is 4.47. The third-order valence-electron chi connectivity index (χ3n) is 8.51. The van der Waals surface area contributed by atoms with Gasteiger partial charge in [0.25, 0.3) is 11.8 Å². The number of unbranched alkanes of at least 4 members (excludes halogenated alkanes) is 16. The number of rotatable bonds is 28. The van der Waals surface area contributed by atoms with E-state index in [1.807, 2.05) is 0 Å². The van der Waals surface area contributed by atoms with E-state index in [9.17, 15) is 9.59 Å². The summed E-state index contributed by atoms with van der Waals surface area (Å²) in [6.07, 6.45) is 41.2. The van der Waals surface area contributed by atoms with E-state index >= 15 is 0 Å². The van der Waals surface area contributed by atoms with Crippen LogP contribution in [0.25, 0.3) is 0 Å². The summed E-state index contributed by atoms with van der Waals surface area (Å²) in [7, 11) is 0. The molecule has 44 heavy (non-hydrogen) atoms. The number of benzene rings is 1. The highest BCUT2D eigenvalue weighted by molar-refractivity contribution is 6.20. The molecule has 0 aromatic heterocycles. The normalized spacial score (nSPS) is 14.2. The monoisotopic (exact) mass is 605 g/mol. The molecule has 0 bridgehead atoms. The second kappa shape index (κ2) is 25.8. The number of imide groups is 1. The zero-order valence-corrected chi connectivity index (χ0v) is 28.3. The van der Waals surface area contributed by atoms with Gasteiger partial charge in [-0.05, 0) is 76.3 Å². The lowest BCUT2D eigenvalue weighted by molar-refractivity contribution is -0.137. The predicted molar refractivity (Wildman–Crippen MR) is 187 cm³/mol. The van der Waals surface area contributed by atoms with Gasteiger partial charge in [-0.15, -0.1) is 5.06 Å². The Morgan fingerprint density at radius 1 is 0.545 bits per heavy atom. The van der Waals surface area contributed by atoms with Crippen molar-refractivity contribution >= 4 is 11.8 Å². The molecule has 4 heteroatoms. The predicted octanol–water partition coefficient (Wildman–Crippen LogP) is 12.3. The van der Waals surface area contributed by atoms with Crippen LogP contribution >= 0.6 is 0 Å². The van der Waals surface area contributed by atoms with Crippen LogP contribution in [0.3, 0.4) is 0 Å². The van der Waals surface area contributed by atoms with E-state index in [-0.39, 0.29) is 17.9 Å². The van der Waals surface area contributed by atoms with Gasteiger partial charge in [-0.3, -0.25) is 14.4 Å². The Morgan fingerprint density at radius 2 is 0.977 bits per heavy atom. The summed E-state index contributed by atoms with van der Waals surface area (Å²) in [5, 5.41) is 1.04. The molecule has 246 valence electrons. The molecule has 0 aliphatic carbocycles. The number of carbonyl (C=O) groups is 2. The van der Waals surface area contributed by atoms with Gasteiger partial charge < -0.3 is 0 Å². The summed E-state index contributed by atoms with van der Waals surface area (Å²) >= 11 is 0. The van der Waals surface area contributed by atoms with Crippen LogP contribution in [0.5, 0.6) is 0 Å². The highest BCUT2D eigenvalue weighted by Crippen LogP contribution is 2.26. The molecule has 0 saturated carbocycles. The number of fused-ring (bicyclic) bond motifs is 1. The summed E-state index contributed by atoms with van der Waals surface area (Å²) in [5.74, 6) is -0.638. The van der Waals surface area contributed by atoms with Gasteiger partial charge in [0.2, 0.25) is 0 Å². The van der Waals surface area contributed by atoms with Gasteiger partial charge in [0, 0.05) is 0 Å². The number of allylic oxidation sites excluding steroid dienone is 6. The zero-order valence-electron chi connectivity index (χ0n) is 28.3. The molecule has 0 spiro atoms. The number of hydrogen-bond acceptors (Lipinski definition) is 3. The topological polar surface area (TPSA) is 46.6 Å². The Kier molecular flexibility index (Phi) is 22.1. The molecule has 2 amide bonds. The third-order valence-corrected chi connectivity index (χ3v) is 8.51. The maximum Gasteiger partial charge on any atom is 0.285 e. The van der Waals surface area contributed by atoms with E-state index in [2.05, 4.69) is 50.3 Å². The Hall–Kier alpha value is -2.46. The summed E-state index contributed by atoms with van der Waals surface area (Å²) in [4.78, 5) is 31.9. The Labute approximate surface area is 270 Å². The molecule has 1 aromatic carbocycles. The van der Waals surface area contributed by atoms with Crippen molar-refractivity contribution in [2.24, 2.45) is 0 Å². The standard InChI is InChI=1S/C40H63NO3/c1-3-5-7-9-11-13-15-16-17-18-19-21-23-25-27-29-33-36(32-28-26-24-22-20-14-12-10-8-6-4-2)44-41-39(42)37-34-30-31-35-38(37)40(41)43/h8,10-11,13,16-17,30-31,34-36H,3-7,9,12,14-15,18-29,32-33H2,1-2H3/b10-8-,13-11-,17-16-. The fraction of sp³-hybridized carbons (Fsp3) is 0.650. The molecule has 0 N–H and O–H groups in total. The SMILES string of the molecule is CCC/C=C\CCCCCCCCC(CCCCCCCC/C=C\C/C=C\CCCCC)ON1C(=O)c2ccccc2C1=O. The van der Waals surface area contributed by atoms with Crippen LogP contribution in [0, 0.1) is 0 Å². The van der Waals surface area contributed by atoms with Gasteiger partial charge in [0.1, 0.15) is 0 Å².